The molecule has 1 aromatic carbocycles. The highest BCUT2D eigenvalue weighted by atomic mass is 35.5. The largest absolute Gasteiger partial charge is 0.480 e. The molecule has 0 aromatic heterocycles. The molecule has 0 radical (unpaired) electrons. The van der Waals surface area contributed by atoms with Gasteiger partial charge in [-0.05, 0) is 31.5 Å². The van der Waals surface area contributed by atoms with Crippen molar-refractivity contribution in [2.75, 3.05) is 0 Å². The summed E-state index contributed by atoms with van der Waals surface area (Å²) in [6.07, 6.45) is 0.215. The van der Waals surface area contributed by atoms with Crippen LogP contribution in [0.3, 0.4) is 0 Å². The van der Waals surface area contributed by atoms with Gasteiger partial charge in [0.25, 0.3) is 5.91 Å². The van der Waals surface area contributed by atoms with E-state index in [-0.39, 0.29) is 17.0 Å². The molecular formula is C12H13ClFNO3. The predicted octanol–water partition coefficient (Wildman–Crippen LogP) is 2.46. The minimum atomic E-state index is -1.38. The van der Waals surface area contributed by atoms with Crippen LogP contribution in [0.15, 0.2) is 18.2 Å². The first-order valence-corrected chi connectivity index (χ1v) is 5.69. The number of carboxylic acid groups (broad SMARTS) is 1. The summed E-state index contributed by atoms with van der Waals surface area (Å²) >= 11 is 5.73. The molecule has 0 aliphatic heterocycles. The van der Waals surface area contributed by atoms with Gasteiger partial charge in [-0.2, -0.15) is 0 Å². The Bertz CT molecular complexity index is 492. The van der Waals surface area contributed by atoms with Crippen LogP contribution >= 0.6 is 11.6 Å². The summed E-state index contributed by atoms with van der Waals surface area (Å²) in [4.78, 5) is 22.9. The summed E-state index contributed by atoms with van der Waals surface area (Å²) in [5, 5.41) is 11.3. The third-order valence-corrected chi connectivity index (χ3v) is 3.06. The zero-order valence-electron chi connectivity index (χ0n) is 9.96. The van der Waals surface area contributed by atoms with Crippen LogP contribution in [0.5, 0.6) is 0 Å². The van der Waals surface area contributed by atoms with Gasteiger partial charge in [0.05, 0.1) is 10.6 Å². The molecule has 0 spiro atoms. The molecule has 0 bridgehead atoms. The van der Waals surface area contributed by atoms with E-state index in [1.54, 1.807) is 6.92 Å². The first kappa shape index (κ1) is 14.4. The fraction of sp³-hybridized carbons (Fsp3) is 0.333. The molecule has 1 unspecified atom stereocenters. The predicted molar refractivity (Wildman–Crippen MR) is 65.2 cm³/mol. The Labute approximate surface area is 109 Å². The average Bonchev–Trinajstić information content (AvgIpc) is 2.28. The molecule has 0 heterocycles. The smallest absolute Gasteiger partial charge is 0.329 e. The molecule has 1 amide bonds. The SMILES string of the molecule is CCC(C)(NC(=O)c1ccc(F)cc1Cl)C(=O)O. The molecule has 6 heteroatoms. The van der Waals surface area contributed by atoms with Gasteiger partial charge in [-0.3, -0.25) is 4.79 Å². The number of halogens is 2. The highest BCUT2D eigenvalue weighted by molar-refractivity contribution is 6.33. The van der Waals surface area contributed by atoms with Crippen LogP contribution in [-0.2, 0) is 4.79 Å². The Morgan fingerprint density at radius 3 is 2.56 bits per heavy atom. The van der Waals surface area contributed by atoms with Crippen LogP contribution in [0.1, 0.15) is 30.6 Å². The van der Waals surface area contributed by atoms with Crippen molar-refractivity contribution in [3.8, 4) is 0 Å². The Morgan fingerprint density at radius 1 is 1.50 bits per heavy atom. The molecule has 2 N–H and O–H groups in total. The maximum atomic E-state index is 12.8. The summed E-state index contributed by atoms with van der Waals surface area (Å²) in [7, 11) is 0. The molecule has 1 aromatic rings. The molecular weight excluding hydrogens is 261 g/mol. The van der Waals surface area contributed by atoms with E-state index < -0.39 is 23.2 Å². The number of amides is 1. The lowest BCUT2D eigenvalue weighted by atomic mass is 9.98. The zero-order valence-corrected chi connectivity index (χ0v) is 10.7. The summed E-state index contributed by atoms with van der Waals surface area (Å²) in [6.45, 7) is 3.03. The van der Waals surface area contributed by atoms with Crippen LogP contribution < -0.4 is 5.32 Å². The van der Waals surface area contributed by atoms with Gasteiger partial charge in [-0.15, -0.1) is 0 Å². The van der Waals surface area contributed by atoms with Gasteiger partial charge in [0.2, 0.25) is 0 Å². The molecule has 1 rings (SSSR count). The molecule has 0 aliphatic rings. The third-order valence-electron chi connectivity index (χ3n) is 2.74. The number of nitrogens with one attached hydrogen (secondary N) is 1. The van der Waals surface area contributed by atoms with Crippen LogP contribution in [0, 0.1) is 5.82 Å². The fourth-order valence-corrected chi connectivity index (χ4v) is 1.54. The highest BCUT2D eigenvalue weighted by Gasteiger charge is 2.33. The Hall–Kier alpha value is -1.62. The van der Waals surface area contributed by atoms with Crippen LogP contribution in [0.4, 0.5) is 4.39 Å². The first-order chi connectivity index (χ1) is 8.30. The molecule has 0 saturated heterocycles. The summed E-state index contributed by atoms with van der Waals surface area (Å²) in [5.74, 6) is -2.35. The van der Waals surface area contributed by atoms with E-state index in [1.165, 1.54) is 13.0 Å². The molecule has 0 saturated carbocycles. The number of benzene rings is 1. The summed E-state index contributed by atoms with van der Waals surface area (Å²) in [5.41, 5.74) is -1.34. The van der Waals surface area contributed by atoms with Crippen LogP contribution in [0.2, 0.25) is 5.02 Å². The highest BCUT2D eigenvalue weighted by Crippen LogP contribution is 2.19. The second-order valence-corrected chi connectivity index (χ2v) is 4.48. The lowest BCUT2D eigenvalue weighted by Gasteiger charge is -2.24. The van der Waals surface area contributed by atoms with Gasteiger partial charge in [0.1, 0.15) is 11.4 Å². The van der Waals surface area contributed by atoms with Crippen molar-refractivity contribution >= 4 is 23.5 Å². The minimum Gasteiger partial charge on any atom is -0.480 e. The lowest BCUT2D eigenvalue weighted by molar-refractivity contribution is -0.143. The number of hydrogen-bond donors (Lipinski definition) is 2. The minimum absolute atomic E-state index is 0.0407. The lowest BCUT2D eigenvalue weighted by Crippen LogP contribution is -2.51. The number of aliphatic carboxylic acids is 1. The second kappa shape index (κ2) is 5.35. The van der Waals surface area contributed by atoms with Gasteiger partial charge in [0.15, 0.2) is 0 Å². The molecule has 1 atom stereocenters. The molecule has 0 aliphatic carbocycles. The van der Waals surface area contributed by atoms with Crippen LogP contribution in [0.25, 0.3) is 0 Å². The second-order valence-electron chi connectivity index (χ2n) is 4.07. The maximum Gasteiger partial charge on any atom is 0.329 e. The van der Waals surface area contributed by atoms with E-state index in [4.69, 9.17) is 16.7 Å². The number of carboxylic acids is 1. The monoisotopic (exact) mass is 273 g/mol. The van der Waals surface area contributed by atoms with E-state index in [2.05, 4.69) is 5.32 Å². The third kappa shape index (κ3) is 2.98. The van der Waals surface area contributed by atoms with Crippen molar-refractivity contribution < 1.29 is 19.1 Å². The summed E-state index contributed by atoms with van der Waals surface area (Å²) in [6, 6.07) is 3.30. The van der Waals surface area contributed by atoms with Gasteiger partial charge >= 0.3 is 5.97 Å². The van der Waals surface area contributed by atoms with Crippen LogP contribution in [-0.4, -0.2) is 22.5 Å². The Kier molecular flexibility index (Phi) is 4.29. The van der Waals surface area contributed by atoms with Crippen molar-refractivity contribution in [3.63, 3.8) is 0 Å². The number of carbonyl (C=O) groups excluding carboxylic acids is 1. The van der Waals surface area contributed by atoms with Gasteiger partial charge in [-0.25, -0.2) is 9.18 Å². The topological polar surface area (TPSA) is 66.4 Å². The number of rotatable bonds is 4. The van der Waals surface area contributed by atoms with Crippen molar-refractivity contribution in [1.29, 1.82) is 0 Å². The van der Waals surface area contributed by atoms with E-state index in [9.17, 15) is 14.0 Å². The fourth-order valence-electron chi connectivity index (χ4n) is 1.28. The van der Waals surface area contributed by atoms with Gasteiger partial charge in [-0.1, -0.05) is 18.5 Å². The van der Waals surface area contributed by atoms with E-state index in [0.717, 1.165) is 12.1 Å². The standard InChI is InChI=1S/C12H13ClFNO3/c1-3-12(2,11(17)18)15-10(16)8-5-4-7(14)6-9(8)13/h4-6H,3H2,1-2H3,(H,15,16)(H,17,18). The van der Waals surface area contributed by atoms with Crippen molar-refractivity contribution in [1.82, 2.24) is 5.32 Å². The number of hydrogen-bond acceptors (Lipinski definition) is 2. The molecule has 4 nitrogen and oxygen atoms in total. The van der Waals surface area contributed by atoms with Crippen molar-refractivity contribution in [2.45, 2.75) is 25.8 Å². The quantitative estimate of drug-likeness (QED) is 0.886. The van der Waals surface area contributed by atoms with E-state index in [0.29, 0.717) is 0 Å². The molecule has 98 valence electrons. The zero-order chi connectivity index (χ0) is 13.9. The van der Waals surface area contributed by atoms with Gasteiger partial charge in [0, 0.05) is 0 Å². The van der Waals surface area contributed by atoms with Crippen molar-refractivity contribution in [3.05, 3.63) is 34.6 Å². The van der Waals surface area contributed by atoms with E-state index >= 15 is 0 Å². The van der Waals surface area contributed by atoms with E-state index in [1.807, 2.05) is 0 Å². The number of carbonyl (C=O) groups is 2. The summed E-state index contributed by atoms with van der Waals surface area (Å²) < 4.78 is 12.8. The normalized spacial score (nSPS) is 13.8. The molecule has 18 heavy (non-hydrogen) atoms. The Morgan fingerprint density at radius 2 is 2.11 bits per heavy atom. The molecule has 0 fully saturated rings. The van der Waals surface area contributed by atoms with Gasteiger partial charge < -0.3 is 10.4 Å². The maximum absolute atomic E-state index is 12.8. The van der Waals surface area contributed by atoms with Crippen molar-refractivity contribution in [2.24, 2.45) is 0 Å². The first-order valence-electron chi connectivity index (χ1n) is 5.31. The Balaban J connectivity index is 2.98. The average molecular weight is 274 g/mol.